The number of aromatic hydroxyl groups is 1. The molecule has 0 saturated heterocycles. The van der Waals surface area contributed by atoms with Gasteiger partial charge in [0.1, 0.15) is 23.4 Å². The molecule has 3 aromatic rings. The summed E-state index contributed by atoms with van der Waals surface area (Å²) in [5.41, 5.74) is 2.05. The van der Waals surface area contributed by atoms with Crippen LogP contribution in [0.2, 0.25) is 0 Å². The molecule has 1 fully saturated rings. The minimum atomic E-state index is -5.08. The Bertz CT molecular complexity index is 1920. The quantitative estimate of drug-likeness (QED) is 0.0825. The van der Waals surface area contributed by atoms with Crippen molar-refractivity contribution < 1.29 is 60.1 Å². The van der Waals surface area contributed by atoms with Gasteiger partial charge in [-0.15, -0.1) is 0 Å². The summed E-state index contributed by atoms with van der Waals surface area (Å²) in [6, 6.07) is 13.8. The molecule has 0 radical (unpaired) electrons. The number of halogens is 5. The van der Waals surface area contributed by atoms with Crippen molar-refractivity contribution in [1.29, 1.82) is 0 Å². The highest BCUT2D eigenvalue weighted by Crippen LogP contribution is 2.45. The number of carboxylic acids is 1. The topological polar surface area (TPSA) is 182 Å². The van der Waals surface area contributed by atoms with Crippen LogP contribution in [0.1, 0.15) is 86.3 Å². The molecule has 3 atom stereocenters. The van der Waals surface area contributed by atoms with Crippen molar-refractivity contribution in [3.63, 3.8) is 0 Å². The molecule has 0 aromatic heterocycles. The molecule has 1 saturated carbocycles. The second kappa shape index (κ2) is 20.7. The van der Waals surface area contributed by atoms with E-state index < -0.39 is 74.6 Å². The van der Waals surface area contributed by atoms with Gasteiger partial charge < -0.3 is 31.3 Å². The van der Waals surface area contributed by atoms with Crippen molar-refractivity contribution in [1.82, 2.24) is 16.0 Å². The lowest BCUT2D eigenvalue weighted by molar-refractivity contribution is -0.192. The predicted molar refractivity (Wildman–Crippen MR) is 203 cm³/mol. The second-order valence-corrected chi connectivity index (χ2v) is 16.4. The first kappa shape index (κ1) is 46.8. The second-order valence-electron chi connectivity index (χ2n) is 14.1. The van der Waals surface area contributed by atoms with Crippen LogP contribution in [0.3, 0.4) is 0 Å². The molecule has 0 heterocycles. The van der Waals surface area contributed by atoms with E-state index in [4.69, 9.17) is 9.90 Å². The first-order valence-electron chi connectivity index (χ1n) is 18.6. The van der Waals surface area contributed by atoms with E-state index in [0.717, 1.165) is 43.0 Å². The van der Waals surface area contributed by atoms with Gasteiger partial charge in [-0.2, -0.15) is 13.2 Å². The Balaban J connectivity index is 0.00000113. The van der Waals surface area contributed by atoms with Crippen LogP contribution in [-0.2, 0) is 37.8 Å². The number of aliphatic carboxylic acids is 1. The molecule has 2 amide bonds. The summed E-state index contributed by atoms with van der Waals surface area (Å²) >= 11 is 0. The largest absolute Gasteiger partial charge is 0.508 e. The number of sulfone groups is 1. The molecule has 314 valence electrons. The normalized spacial score (nSPS) is 15.1. The molecule has 57 heavy (non-hydrogen) atoms. The lowest BCUT2D eigenvalue weighted by atomic mass is 9.98. The Morgan fingerprint density at radius 1 is 0.860 bits per heavy atom. The number of alkyl halides is 3. The Morgan fingerprint density at radius 2 is 1.46 bits per heavy atom. The number of phenols is 1. The third kappa shape index (κ3) is 14.4. The number of phenolic OH excluding ortho intramolecular Hbond substituents is 1. The zero-order chi connectivity index (χ0) is 42.6. The molecule has 0 aliphatic heterocycles. The Labute approximate surface area is 329 Å². The molecule has 6 N–H and O–H groups in total. The fourth-order valence-corrected chi connectivity index (χ4v) is 8.52. The van der Waals surface area contributed by atoms with Gasteiger partial charge in [0.05, 0.1) is 23.1 Å². The number of hydrogen-bond acceptors (Lipinski definition) is 8. The summed E-state index contributed by atoms with van der Waals surface area (Å²) in [6.45, 7) is 5.81. The number of benzene rings is 3. The molecular formula is C40H50F5N3O8S. The van der Waals surface area contributed by atoms with E-state index in [2.05, 4.69) is 28.9 Å². The first-order chi connectivity index (χ1) is 26.7. The van der Waals surface area contributed by atoms with Crippen molar-refractivity contribution >= 4 is 27.6 Å². The van der Waals surface area contributed by atoms with E-state index in [9.17, 15) is 50.2 Å². The Kier molecular flexibility index (Phi) is 17.0. The van der Waals surface area contributed by atoms with Crippen LogP contribution in [-0.4, -0.2) is 83.4 Å². The molecule has 17 heteroatoms. The third-order valence-corrected chi connectivity index (χ3v) is 11.8. The van der Waals surface area contributed by atoms with Crippen LogP contribution in [0.4, 0.5) is 22.0 Å². The van der Waals surface area contributed by atoms with E-state index >= 15 is 0 Å². The molecule has 1 aliphatic carbocycles. The number of carbonyl (C=O) groups is 3. The van der Waals surface area contributed by atoms with Crippen LogP contribution in [0, 0.1) is 11.6 Å². The molecule has 0 spiro atoms. The number of carbonyl (C=O) groups excluding carboxylic acids is 2. The van der Waals surface area contributed by atoms with Gasteiger partial charge in [-0.3, -0.25) is 9.59 Å². The van der Waals surface area contributed by atoms with Gasteiger partial charge in [-0.25, -0.2) is 22.0 Å². The standard InChI is InChI=1S/C38H49F2N3O6S.C2HF3O2/c1-4-9-32(10-5-2)50(48,49)24-34(43-36(46)27-12-8-14-31(44)21-27)37(47)42-33(20-26-18-29(39)22-30(40)19-26)35(45)23-41-38(15-16-38)28-13-7-11-25(6-3)17-28;3-2(4,5)1(6)7/h7-8,11-14,17-19,21-22,32-35,41,44-45H,4-6,9-10,15-16,20,23-24H2,1-3H3,(H,42,47)(H,43,46);(H,6,7)/t33-,34?,35+;/m0./s1. The number of amides is 2. The van der Waals surface area contributed by atoms with E-state index in [-0.39, 0.29) is 35.4 Å². The maximum Gasteiger partial charge on any atom is 0.490 e. The average Bonchev–Trinajstić information content (AvgIpc) is 3.94. The number of nitrogens with one attached hydrogen (secondary N) is 3. The Hall–Kier alpha value is -4.61. The minimum Gasteiger partial charge on any atom is -0.508 e. The van der Waals surface area contributed by atoms with Gasteiger partial charge >= 0.3 is 12.1 Å². The van der Waals surface area contributed by atoms with Crippen LogP contribution < -0.4 is 16.0 Å². The summed E-state index contributed by atoms with van der Waals surface area (Å²) < 4.78 is 87.5. The van der Waals surface area contributed by atoms with Gasteiger partial charge in [0.2, 0.25) is 5.91 Å². The lowest BCUT2D eigenvalue weighted by Crippen LogP contribution is -2.57. The van der Waals surface area contributed by atoms with E-state index in [1.807, 2.05) is 32.0 Å². The number of rotatable bonds is 19. The van der Waals surface area contributed by atoms with Crippen molar-refractivity contribution in [2.45, 2.75) is 107 Å². The van der Waals surface area contributed by atoms with Gasteiger partial charge in [0.25, 0.3) is 5.91 Å². The third-order valence-electron chi connectivity index (χ3n) is 9.56. The van der Waals surface area contributed by atoms with Crippen LogP contribution in [0.5, 0.6) is 5.75 Å². The van der Waals surface area contributed by atoms with Crippen molar-refractivity contribution in [2.75, 3.05) is 12.3 Å². The molecular weight excluding hydrogens is 778 g/mol. The van der Waals surface area contributed by atoms with Gasteiger partial charge in [0, 0.05) is 23.7 Å². The molecule has 4 rings (SSSR count). The summed E-state index contributed by atoms with van der Waals surface area (Å²) in [7, 11) is -3.91. The highest BCUT2D eigenvalue weighted by Gasteiger charge is 2.45. The molecule has 11 nitrogen and oxygen atoms in total. The SMILES string of the molecule is CCCC(CCC)S(=O)(=O)CC(NC(=O)c1cccc(O)c1)C(=O)N[C@@H](Cc1cc(F)cc(F)c1)[C@H](O)CNC1(c2cccc(CC)c2)CC1.O=C(O)C(F)(F)F. The average molecular weight is 828 g/mol. The van der Waals surface area contributed by atoms with E-state index in [0.29, 0.717) is 25.7 Å². The van der Waals surface area contributed by atoms with Crippen LogP contribution >= 0.6 is 0 Å². The van der Waals surface area contributed by atoms with Crippen molar-refractivity contribution in [3.8, 4) is 5.75 Å². The maximum absolute atomic E-state index is 14.2. The maximum atomic E-state index is 14.2. The van der Waals surface area contributed by atoms with E-state index in [1.54, 1.807) is 0 Å². The highest BCUT2D eigenvalue weighted by atomic mass is 32.2. The molecule has 1 aliphatic rings. The number of carboxylic acid groups (broad SMARTS) is 1. The fourth-order valence-electron chi connectivity index (χ4n) is 6.36. The highest BCUT2D eigenvalue weighted by molar-refractivity contribution is 7.92. The van der Waals surface area contributed by atoms with Crippen LogP contribution in [0.15, 0.2) is 66.7 Å². The fraction of sp³-hybridized carbons (Fsp3) is 0.475. The predicted octanol–water partition coefficient (Wildman–Crippen LogP) is 5.72. The monoisotopic (exact) mass is 827 g/mol. The number of aryl methyl sites for hydroxylation is 1. The lowest BCUT2D eigenvalue weighted by Gasteiger charge is -2.29. The Morgan fingerprint density at radius 3 is 1.98 bits per heavy atom. The summed E-state index contributed by atoms with van der Waals surface area (Å²) in [5.74, 6) is -6.98. The number of aliphatic hydroxyl groups is 1. The smallest absolute Gasteiger partial charge is 0.490 e. The van der Waals surface area contributed by atoms with Crippen LogP contribution in [0.25, 0.3) is 0 Å². The minimum absolute atomic E-state index is 0.00673. The summed E-state index contributed by atoms with van der Waals surface area (Å²) in [5, 5.41) is 36.5. The van der Waals surface area contributed by atoms with Crippen molar-refractivity contribution in [2.24, 2.45) is 0 Å². The zero-order valence-corrected chi connectivity index (χ0v) is 32.7. The number of hydrogen-bond donors (Lipinski definition) is 6. The number of aliphatic hydroxyl groups excluding tert-OH is 1. The first-order valence-corrected chi connectivity index (χ1v) is 20.3. The summed E-state index contributed by atoms with van der Waals surface area (Å²) in [6.07, 6.45) is -2.05. The zero-order valence-electron chi connectivity index (χ0n) is 31.9. The summed E-state index contributed by atoms with van der Waals surface area (Å²) in [4.78, 5) is 36.2. The van der Waals surface area contributed by atoms with Gasteiger partial charge in [-0.1, -0.05) is 63.9 Å². The molecule has 0 bridgehead atoms. The van der Waals surface area contributed by atoms with Gasteiger partial charge in [-0.05, 0) is 85.5 Å². The molecule has 1 unspecified atom stereocenters. The van der Waals surface area contributed by atoms with Gasteiger partial charge in [0.15, 0.2) is 9.84 Å². The molecule has 3 aromatic carbocycles. The van der Waals surface area contributed by atoms with Crippen molar-refractivity contribution in [3.05, 3.63) is 101 Å². The van der Waals surface area contributed by atoms with E-state index in [1.165, 1.54) is 29.8 Å².